The Labute approximate surface area is 136 Å². The highest BCUT2D eigenvalue weighted by Gasteiger charge is 2.14. The van der Waals surface area contributed by atoms with Crippen LogP contribution in [0, 0.1) is 0 Å². The SMILES string of the molecule is CC(C)(C)OC(=O)NC/C=C/CNCc1coc2ccccc12. The van der Waals surface area contributed by atoms with Crippen LogP contribution in [-0.2, 0) is 11.3 Å². The number of ether oxygens (including phenoxy) is 1. The van der Waals surface area contributed by atoms with E-state index in [-0.39, 0.29) is 0 Å². The topological polar surface area (TPSA) is 63.5 Å². The van der Waals surface area contributed by atoms with Crippen LogP contribution in [0.1, 0.15) is 26.3 Å². The lowest BCUT2D eigenvalue weighted by Crippen LogP contribution is -2.32. The van der Waals surface area contributed by atoms with Crippen LogP contribution in [0.15, 0.2) is 47.1 Å². The van der Waals surface area contributed by atoms with Crippen molar-refractivity contribution in [2.24, 2.45) is 0 Å². The summed E-state index contributed by atoms with van der Waals surface area (Å²) in [6.45, 7) is 7.42. The molecule has 0 radical (unpaired) electrons. The summed E-state index contributed by atoms with van der Waals surface area (Å²) in [5.41, 5.74) is 1.57. The standard InChI is InChI=1S/C18H24N2O3/c1-18(2,3)23-17(21)20-11-7-6-10-19-12-14-13-22-16-9-5-4-8-15(14)16/h4-9,13,19H,10-12H2,1-3H3,(H,20,21)/b7-6+. The molecule has 1 amide bonds. The van der Waals surface area contributed by atoms with Gasteiger partial charge in [-0.25, -0.2) is 4.79 Å². The lowest BCUT2D eigenvalue weighted by Gasteiger charge is -2.19. The van der Waals surface area contributed by atoms with Crippen molar-refractivity contribution in [2.75, 3.05) is 13.1 Å². The summed E-state index contributed by atoms with van der Waals surface area (Å²) in [4.78, 5) is 11.4. The van der Waals surface area contributed by atoms with E-state index in [4.69, 9.17) is 9.15 Å². The van der Waals surface area contributed by atoms with Crippen LogP contribution in [0.5, 0.6) is 0 Å². The van der Waals surface area contributed by atoms with E-state index < -0.39 is 11.7 Å². The summed E-state index contributed by atoms with van der Waals surface area (Å²) < 4.78 is 10.6. The second-order valence-corrected chi connectivity index (χ2v) is 6.24. The molecule has 0 unspecified atom stereocenters. The van der Waals surface area contributed by atoms with Gasteiger partial charge in [0.1, 0.15) is 11.2 Å². The van der Waals surface area contributed by atoms with Gasteiger partial charge in [-0.15, -0.1) is 0 Å². The Morgan fingerprint density at radius 2 is 1.96 bits per heavy atom. The first kappa shape index (κ1) is 17.1. The first-order valence-electron chi connectivity index (χ1n) is 7.73. The van der Waals surface area contributed by atoms with Gasteiger partial charge in [0.25, 0.3) is 0 Å². The fourth-order valence-electron chi connectivity index (χ4n) is 2.08. The van der Waals surface area contributed by atoms with Gasteiger partial charge in [0.15, 0.2) is 0 Å². The minimum absolute atomic E-state index is 0.403. The van der Waals surface area contributed by atoms with Crippen molar-refractivity contribution in [3.63, 3.8) is 0 Å². The van der Waals surface area contributed by atoms with Crippen molar-refractivity contribution in [1.29, 1.82) is 0 Å². The predicted molar refractivity (Wildman–Crippen MR) is 91.3 cm³/mol. The third kappa shape index (κ3) is 5.79. The van der Waals surface area contributed by atoms with Crippen molar-refractivity contribution in [2.45, 2.75) is 32.9 Å². The summed E-state index contributed by atoms with van der Waals surface area (Å²) in [6, 6.07) is 7.98. The van der Waals surface area contributed by atoms with Gasteiger partial charge in [-0.2, -0.15) is 0 Å². The van der Waals surface area contributed by atoms with E-state index in [2.05, 4.69) is 16.7 Å². The molecule has 0 aliphatic rings. The monoisotopic (exact) mass is 316 g/mol. The van der Waals surface area contributed by atoms with Gasteiger partial charge in [0.05, 0.1) is 6.26 Å². The molecule has 5 nitrogen and oxygen atoms in total. The number of nitrogens with one attached hydrogen (secondary N) is 2. The fourth-order valence-corrected chi connectivity index (χ4v) is 2.08. The average molecular weight is 316 g/mol. The molecule has 0 aliphatic heterocycles. The fraction of sp³-hybridized carbons (Fsp3) is 0.389. The maximum atomic E-state index is 11.4. The Morgan fingerprint density at radius 1 is 1.22 bits per heavy atom. The Bertz CT molecular complexity index is 668. The zero-order chi connectivity index (χ0) is 16.7. The van der Waals surface area contributed by atoms with Crippen molar-refractivity contribution in [3.8, 4) is 0 Å². The zero-order valence-electron chi connectivity index (χ0n) is 13.9. The highest BCUT2D eigenvalue weighted by atomic mass is 16.6. The largest absolute Gasteiger partial charge is 0.464 e. The molecular weight excluding hydrogens is 292 g/mol. The minimum Gasteiger partial charge on any atom is -0.464 e. The number of carbonyl (C=O) groups is 1. The number of hydrogen-bond acceptors (Lipinski definition) is 4. The van der Waals surface area contributed by atoms with Gasteiger partial charge < -0.3 is 19.8 Å². The van der Waals surface area contributed by atoms with E-state index in [9.17, 15) is 4.79 Å². The number of amides is 1. The number of carbonyl (C=O) groups excluding carboxylic acids is 1. The van der Waals surface area contributed by atoms with Crippen LogP contribution in [0.3, 0.4) is 0 Å². The van der Waals surface area contributed by atoms with E-state index in [1.165, 1.54) is 0 Å². The summed E-state index contributed by atoms with van der Waals surface area (Å²) >= 11 is 0. The molecule has 2 N–H and O–H groups in total. The van der Waals surface area contributed by atoms with Crippen LogP contribution in [0.2, 0.25) is 0 Å². The summed E-state index contributed by atoms with van der Waals surface area (Å²) in [5.74, 6) is 0. The van der Waals surface area contributed by atoms with E-state index in [0.717, 1.165) is 29.6 Å². The summed E-state index contributed by atoms with van der Waals surface area (Å²) in [7, 11) is 0. The van der Waals surface area contributed by atoms with Gasteiger partial charge in [-0.3, -0.25) is 0 Å². The number of fused-ring (bicyclic) bond motifs is 1. The first-order chi connectivity index (χ1) is 11.0. The molecule has 0 saturated carbocycles. The molecule has 1 aromatic heterocycles. The number of para-hydroxylation sites is 1. The predicted octanol–water partition coefficient (Wildman–Crippen LogP) is 3.60. The molecule has 2 aromatic rings. The summed E-state index contributed by atoms with van der Waals surface area (Å²) in [6.07, 6.45) is 5.25. The lowest BCUT2D eigenvalue weighted by molar-refractivity contribution is 0.0534. The zero-order valence-corrected chi connectivity index (χ0v) is 13.9. The average Bonchev–Trinajstić information content (AvgIpc) is 2.88. The highest BCUT2D eigenvalue weighted by molar-refractivity contribution is 5.80. The maximum Gasteiger partial charge on any atom is 0.407 e. The quantitative estimate of drug-likeness (QED) is 0.631. The Kier molecular flexibility index (Phi) is 5.82. The van der Waals surface area contributed by atoms with Gasteiger partial charge in [0.2, 0.25) is 0 Å². The van der Waals surface area contributed by atoms with Gasteiger partial charge >= 0.3 is 6.09 Å². The van der Waals surface area contributed by atoms with E-state index in [0.29, 0.717) is 6.54 Å². The van der Waals surface area contributed by atoms with E-state index in [1.54, 1.807) is 6.26 Å². The smallest absolute Gasteiger partial charge is 0.407 e. The molecule has 1 heterocycles. The molecule has 23 heavy (non-hydrogen) atoms. The van der Waals surface area contributed by atoms with Gasteiger partial charge in [-0.05, 0) is 26.8 Å². The minimum atomic E-state index is -0.470. The molecule has 0 saturated heterocycles. The van der Waals surface area contributed by atoms with Crippen LogP contribution < -0.4 is 10.6 Å². The molecule has 2 rings (SSSR count). The van der Waals surface area contributed by atoms with Gasteiger partial charge in [0, 0.05) is 30.6 Å². The number of hydrogen-bond donors (Lipinski definition) is 2. The molecule has 5 heteroatoms. The molecule has 0 bridgehead atoms. The molecule has 0 aliphatic carbocycles. The van der Waals surface area contributed by atoms with Gasteiger partial charge in [-0.1, -0.05) is 30.4 Å². The number of furan rings is 1. The Morgan fingerprint density at radius 3 is 2.74 bits per heavy atom. The van der Waals surface area contributed by atoms with Crippen molar-refractivity contribution < 1.29 is 13.9 Å². The maximum absolute atomic E-state index is 11.4. The third-order valence-electron chi connectivity index (χ3n) is 3.07. The second kappa shape index (κ2) is 7.83. The molecule has 124 valence electrons. The van der Waals surface area contributed by atoms with Crippen molar-refractivity contribution in [1.82, 2.24) is 10.6 Å². The van der Waals surface area contributed by atoms with Crippen molar-refractivity contribution >= 4 is 17.1 Å². The molecule has 0 spiro atoms. The molecule has 1 aromatic carbocycles. The van der Waals surface area contributed by atoms with E-state index >= 15 is 0 Å². The van der Waals surface area contributed by atoms with E-state index in [1.807, 2.05) is 51.1 Å². The Balaban J connectivity index is 1.65. The van der Waals surface area contributed by atoms with Crippen LogP contribution >= 0.6 is 0 Å². The first-order valence-corrected chi connectivity index (χ1v) is 7.73. The third-order valence-corrected chi connectivity index (χ3v) is 3.07. The summed E-state index contributed by atoms with van der Waals surface area (Å²) in [5, 5.41) is 7.13. The van der Waals surface area contributed by atoms with Crippen molar-refractivity contribution in [3.05, 3.63) is 48.2 Å². The highest BCUT2D eigenvalue weighted by Crippen LogP contribution is 2.20. The second-order valence-electron chi connectivity index (χ2n) is 6.24. The molecule has 0 atom stereocenters. The number of alkyl carbamates (subject to hydrolysis) is 1. The normalized spacial score (nSPS) is 12.0. The van der Waals surface area contributed by atoms with Crippen LogP contribution in [-0.4, -0.2) is 24.8 Å². The Hall–Kier alpha value is -2.27. The van der Waals surface area contributed by atoms with Crippen LogP contribution in [0.4, 0.5) is 4.79 Å². The lowest BCUT2D eigenvalue weighted by atomic mass is 10.2. The number of rotatable bonds is 6. The molecular formula is C18H24N2O3. The van der Waals surface area contributed by atoms with Crippen LogP contribution in [0.25, 0.3) is 11.0 Å². The molecule has 0 fully saturated rings. The number of benzene rings is 1.